The number of carbonyl (C=O) groups is 2. The molecule has 8 heteroatoms. The van der Waals surface area contributed by atoms with Crippen LogP contribution < -0.4 is 10.1 Å². The van der Waals surface area contributed by atoms with E-state index in [9.17, 15) is 9.59 Å². The summed E-state index contributed by atoms with van der Waals surface area (Å²) in [4.78, 5) is 26.6. The second kappa shape index (κ2) is 5.02. The lowest BCUT2D eigenvalue weighted by molar-refractivity contribution is -0.132. The molecule has 118 valence electrons. The minimum atomic E-state index is -0.982. The Morgan fingerprint density at radius 1 is 1.43 bits per heavy atom. The number of methoxy groups -OCH3 is 1. The average Bonchev–Trinajstić information content (AvgIpc) is 3.25. The number of rotatable bonds is 3. The molecule has 1 aromatic carbocycles. The highest BCUT2D eigenvalue weighted by molar-refractivity contribution is 6.99. The molecule has 1 saturated heterocycles. The van der Waals surface area contributed by atoms with E-state index in [0.29, 0.717) is 17.9 Å². The summed E-state index contributed by atoms with van der Waals surface area (Å²) >= 11 is 1.06. The maximum Gasteiger partial charge on any atom is 0.325 e. The van der Waals surface area contributed by atoms with Crippen LogP contribution in [0.5, 0.6) is 5.75 Å². The molecule has 2 heterocycles. The van der Waals surface area contributed by atoms with Crippen LogP contribution in [0.2, 0.25) is 0 Å². The van der Waals surface area contributed by atoms with Gasteiger partial charge >= 0.3 is 6.03 Å². The molecule has 1 aromatic heterocycles. The molecule has 2 aromatic rings. The van der Waals surface area contributed by atoms with E-state index >= 15 is 0 Å². The first-order chi connectivity index (χ1) is 11.1. The van der Waals surface area contributed by atoms with Crippen LogP contribution in [0.4, 0.5) is 4.79 Å². The number of amides is 3. The highest BCUT2D eigenvalue weighted by Gasteiger charge is 2.55. The molecule has 0 unspecified atom stereocenters. The molecule has 4 rings (SSSR count). The summed E-state index contributed by atoms with van der Waals surface area (Å²) in [5.74, 6) is 0.441. The van der Waals surface area contributed by atoms with Crippen LogP contribution in [0, 0.1) is 0 Å². The van der Waals surface area contributed by atoms with Gasteiger partial charge < -0.3 is 10.1 Å². The summed E-state index contributed by atoms with van der Waals surface area (Å²) in [6, 6.07) is 5.28. The number of aryl methyl sites for hydroxylation is 1. The minimum Gasteiger partial charge on any atom is -0.497 e. The predicted octanol–water partition coefficient (Wildman–Crippen LogP) is 1.44. The van der Waals surface area contributed by atoms with E-state index in [1.807, 2.05) is 18.2 Å². The standard InChI is InChI=1S/C15H14N4O3S/c1-22-11-3-2-9-4-5-15(12(9)6-11)13(20)19(14(21)17-15)8-10-7-16-23-18-10/h2-3,6-7H,4-5,8H2,1H3,(H,17,21)/t15-/m0/s1. The summed E-state index contributed by atoms with van der Waals surface area (Å²) in [7, 11) is 1.58. The summed E-state index contributed by atoms with van der Waals surface area (Å²) in [5, 5.41) is 2.89. The topological polar surface area (TPSA) is 84.4 Å². The molecule has 1 spiro atoms. The van der Waals surface area contributed by atoms with Crippen molar-refractivity contribution in [2.45, 2.75) is 24.9 Å². The van der Waals surface area contributed by atoms with Gasteiger partial charge in [-0.05, 0) is 36.1 Å². The van der Waals surface area contributed by atoms with Crippen molar-refractivity contribution in [1.82, 2.24) is 19.0 Å². The fraction of sp³-hybridized carbons (Fsp3) is 0.333. The van der Waals surface area contributed by atoms with Gasteiger partial charge in [0.1, 0.15) is 11.3 Å². The van der Waals surface area contributed by atoms with E-state index in [2.05, 4.69) is 14.1 Å². The van der Waals surface area contributed by atoms with Crippen molar-refractivity contribution in [2.75, 3.05) is 7.11 Å². The Hall–Kier alpha value is -2.48. The van der Waals surface area contributed by atoms with Gasteiger partial charge in [0, 0.05) is 0 Å². The maximum absolute atomic E-state index is 13.0. The Labute approximate surface area is 136 Å². The number of fused-ring (bicyclic) bond motifs is 2. The normalized spacial score (nSPS) is 22.6. The first kappa shape index (κ1) is 14.1. The predicted molar refractivity (Wildman–Crippen MR) is 82.0 cm³/mol. The van der Waals surface area contributed by atoms with Gasteiger partial charge in [-0.25, -0.2) is 4.79 Å². The molecule has 2 aliphatic rings. The summed E-state index contributed by atoms with van der Waals surface area (Å²) < 4.78 is 13.2. The van der Waals surface area contributed by atoms with Crippen molar-refractivity contribution in [3.63, 3.8) is 0 Å². The molecule has 1 aliphatic carbocycles. The van der Waals surface area contributed by atoms with Gasteiger partial charge in [-0.3, -0.25) is 9.69 Å². The van der Waals surface area contributed by atoms with Gasteiger partial charge in [0.15, 0.2) is 0 Å². The molecule has 1 atom stereocenters. The zero-order valence-electron chi connectivity index (χ0n) is 12.4. The molecular weight excluding hydrogens is 316 g/mol. The number of carbonyl (C=O) groups excluding carboxylic acids is 2. The zero-order chi connectivity index (χ0) is 16.0. The zero-order valence-corrected chi connectivity index (χ0v) is 13.2. The lowest BCUT2D eigenvalue weighted by Gasteiger charge is -2.22. The number of benzene rings is 1. The van der Waals surface area contributed by atoms with Crippen molar-refractivity contribution >= 4 is 23.7 Å². The molecule has 1 aliphatic heterocycles. The average molecular weight is 330 g/mol. The molecule has 23 heavy (non-hydrogen) atoms. The summed E-state index contributed by atoms with van der Waals surface area (Å²) in [5.41, 5.74) is 1.52. The fourth-order valence-corrected chi connectivity index (χ4v) is 3.72. The third kappa shape index (κ3) is 2.02. The van der Waals surface area contributed by atoms with Crippen LogP contribution in [0.3, 0.4) is 0 Å². The highest BCUT2D eigenvalue weighted by atomic mass is 32.1. The van der Waals surface area contributed by atoms with Crippen molar-refractivity contribution in [1.29, 1.82) is 0 Å². The Bertz CT molecular complexity index is 792. The molecule has 7 nitrogen and oxygen atoms in total. The molecular formula is C15H14N4O3S. The fourth-order valence-electron chi connectivity index (χ4n) is 3.29. The van der Waals surface area contributed by atoms with Gasteiger partial charge in [0.05, 0.1) is 37.3 Å². The van der Waals surface area contributed by atoms with Crippen LogP contribution in [0.25, 0.3) is 0 Å². The van der Waals surface area contributed by atoms with Crippen LogP contribution >= 0.6 is 11.7 Å². The van der Waals surface area contributed by atoms with Crippen LogP contribution in [0.1, 0.15) is 23.2 Å². The van der Waals surface area contributed by atoms with Crippen LogP contribution in [-0.2, 0) is 23.3 Å². The van der Waals surface area contributed by atoms with E-state index in [1.165, 1.54) is 4.90 Å². The lowest BCUT2D eigenvalue weighted by Crippen LogP contribution is -2.41. The third-order valence-electron chi connectivity index (χ3n) is 4.45. The van der Waals surface area contributed by atoms with Crippen molar-refractivity contribution < 1.29 is 14.3 Å². The number of aromatic nitrogens is 2. The first-order valence-electron chi connectivity index (χ1n) is 7.22. The molecule has 0 saturated carbocycles. The number of hydrogen-bond donors (Lipinski definition) is 1. The van der Waals surface area contributed by atoms with Crippen LogP contribution in [-0.4, -0.2) is 32.7 Å². The Kier molecular flexibility index (Phi) is 3.08. The minimum absolute atomic E-state index is 0.141. The van der Waals surface area contributed by atoms with Gasteiger partial charge in [-0.2, -0.15) is 8.75 Å². The monoisotopic (exact) mass is 330 g/mol. The second-order valence-corrected chi connectivity index (χ2v) is 6.21. The third-order valence-corrected chi connectivity index (χ3v) is 4.96. The molecule has 0 radical (unpaired) electrons. The lowest BCUT2D eigenvalue weighted by atomic mass is 9.91. The smallest absolute Gasteiger partial charge is 0.325 e. The molecule has 1 fully saturated rings. The quantitative estimate of drug-likeness (QED) is 0.861. The van der Waals surface area contributed by atoms with Crippen LogP contribution in [0.15, 0.2) is 24.4 Å². The number of hydrogen-bond acceptors (Lipinski definition) is 6. The number of urea groups is 1. The second-order valence-electron chi connectivity index (χ2n) is 5.65. The van der Waals surface area contributed by atoms with Gasteiger partial charge in [0.2, 0.25) is 0 Å². The highest BCUT2D eigenvalue weighted by Crippen LogP contribution is 2.43. The maximum atomic E-state index is 13.0. The Balaban J connectivity index is 1.71. The molecule has 1 N–H and O–H groups in total. The van der Waals surface area contributed by atoms with Gasteiger partial charge in [-0.15, -0.1) is 0 Å². The van der Waals surface area contributed by atoms with E-state index in [0.717, 1.165) is 29.3 Å². The van der Waals surface area contributed by atoms with E-state index in [-0.39, 0.29) is 12.5 Å². The molecule has 3 amide bonds. The van der Waals surface area contributed by atoms with Crippen molar-refractivity contribution in [2.24, 2.45) is 0 Å². The number of nitrogens with zero attached hydrogens (tertiary/aromatic N) is 3. The van der Waals surface area contributed by atoms with Crippen molar-refractivity contribution in [3.05, 3.63) is 41.2 Å². The van der Waals surface area contributed by atoms with E-state index in [1.54, 1.807) is 13.3 Å². The number of ether oxygens (including phenoxy) is 1. The molecule has 0 bridgehead atoms. The van der Waals surface area contributed by atoms with E-state index < -0.39 is 11.6 Å². The number of nitrogens with one attached hydrogen (secondary N) is 1. The van der Waals surface area contributed by atoms with Crippen molar-refractivity contribution in [3.8, 4) is 5.75 Å². The van der Waals surface area contributed by atoms with Gasteiger partial charge in [0.25, 0.3) is 5.91 Å². The Morgan fingerprint density at radius 2 is 2.30 bits per heavy atom. The van der Waals surface area contributed by atoms with E-state index in [4.69, 9.17) is 4.74 Å². The van der Waals surface area contributed by atoms with Gasteiger partial charge in [-0.1, -0.05) is 6.07 Å². The number of imide groups is 1. The SMILES string of the molecule is COc1ccc2c(c1)[C@]1(CC2)NC(=O)N(Cc2cnsn2)C1=O. The largest absolute Gasteiger partial charge is 0.497 e. The summed E-state index contributed by atoms with van der Waals surface area (Å²) in [6.45, 7) is 0.141. The summed E-state index contributed by atoms with van der Waals surface area (Å²) in [6.07, 6.45) is 2.88. The Morgan fingerprint density at radius 3 is 3.04 bits per heavy atom. The first-order valence-corrected chi connectivity index (χ1v) is 7.95.